The third kappa shape index (κ3) is 3.75. The van der Waals surface area contributed by atoms with E-state index in [-0.39, 0.29) is 18.6 Å². The first-order chi connectivity index (χ1) is 9.66. The largest absolute Gasteiger partial charge is 0.292 e. The lowest BCUT2D eigenvalue weighted by molar-refractivity contribution is -0.507. The van der Waals surface area contributed by atoms with E-state index in [2.05, 4.69) is 0 Å². The molecule has 2 rings (SSSR count). The summed E-state index contributed by atoms with van der Waals surface area (Å²) in [6.45, 7) is 0. The molecular formula is C16H15NO3. The number of hydrogen-bond acceptors (Lipinski definition) is 3. The van der Waals surface area contributed by atoms with Crippen LogP contribution in [-0.4, -0.2) is 16.7 Å². The highest BCUT2D eigenvalue weighted by Crippen LogP contribution is 2.10. The van der Waals surface area contributed by atoms with Crippen LogP contribution in [0.3, 0.4) is 0 Å². The fourth-order valence-corrected chi connectivity index (χ4v) is 2.06. The summed E-state index contributed by atoms with van der Waals surface area (Å²) in [5.41, 5.74) is 1.60. The van der Waals surface area contributed by atoms with Gasteiger partial charge in [0.05, 0.1) is 0 Å². The van der Waals surface area contributed by atoms with E-state index in [9.17, 15) is 14.9 Å². The van der Waals surface area contributed by atoms with Gasteiger partial charge < -0.3 is 0 Å². The van der Waals surface area contributed by atoms with E-state index < -0.39 is 11.0 Å². The predicted molar refractivity (Wildman–Crippen MR) is 76.1 cm³/mol. The maximum absolute atomic E-state index is 12.1. The van der Waals surface area contributed by atoms with Crippen LogP contribution in [0, 0.1) is 10.1 Å². The summed E-state index contributed by atoms with van der Waals surface area (Å²) in [6, 6.07) is 17.0. The molecular weight excluding hydrogens is 254 g/mol. The molecule has 0 aromatic heterocycles. The van der Waals surface area contributed by atoms with Gasteiger partial charge in [0.1, 0.15) is 0 Å². The van der Waals surface area contributed by atoms with Crippen LogP contribution in [0.5, 0.6) is 0 Å². The van der Waals surface area contributed by atoms with E-state index in [0.717, 1.165) is 11.1 Å². The molecule has 1 atom stereocenters. The Morgan fingerprint density at radius 3 is 1.95 bits per heavy atom. The minimum atomic E-state index is -1.18. The molecule has 0 fully saturated rings. The lowest BCUT2D eigenvalue weighted by Crippen LogP contribution is -2.33. The number of carbonyl (C=O) groups excluding carboxylic acids is 1. The van der Waals surface area contributed by atoms with Gasteiger partial charge in [0, 0.05) is 17.8 Å². The van der Waals surface area contributed by atoms with Gasteiger partial charge in [0.2, 0.25) is 5.78 Å². The van der Waals surface area contributed by atoms with E-state index in [1.54, 1.807) is 24.3 Å². The van der Waals surface area contributed by atoms with E-state index in [0.29, 0.717) is 0 Å². The molecule has 1 unspecified atom stereocenters. The summed E-state index contributed by atoms with van der Waals surface area (Å²) in [5.74, 6) is -0.356. The normalized spacial score (nSPS) is 11.8. The number of nitrogens with zero attached hydrogens (tertiary/aromatic N) is 1. The summed E-state index contributed by atoms with van der Waals surface area (Å²) in [7, 11) is 0. The van der Waals surface area contributed by atoms with Crippen LogP contribution in [0.2, 0.25) is 0 Å². The minimum absolute atomic E-state index is 0.0965. The van der Waals surface area contributed by atoms with Gasteiger partial charge in [0.15, 0.2) is 0 Å². The number of benzene rings is 2. The van der Waals surface area contributed by atoms with Crippen molar-refractivity contribution in [2.24, 2.45) is 0 Å². The molecule has 0 radical (unpaired) electrons. The van der Waals surface area contributed by atoms with E-state index >= 15 is 0 Å². The van der Waals surface area contributed by atoms with Crippen molar-refractivity contribution in [3.8, 4) is 0 Å². The number of nitro groups is 1. The topological polar surface area (TPSA) is 60.2 Å². The number of carbonyl (C=O) groups is 1. The van der Waals surface area contributed by atoms with Crippen LogP contribution in [0.1, 0.15) is 11.1 Å². The molecule has 0 heterocycles. The zero-order valence-corrected chi connectivity index (χ0v) is 10.9. The van der Waals surface area contributed by atoms with E-state index in [1.165, 1.54) is 0 Å². The van der Waals surface area contributed by atoms with Gasteiger partial charge >= 0.3 is 0 Å². The van der Waals surface area contributed by atoms with Crippen molar-refractivity contribution in [1.29, 1.82) is 0 Å². The molecule has 4 heteroatoms. The minimum Gasteiger partial charge on any atom is -0.292 e. The predicted octanol–water partition coefficient (Wildman–Crippen LogP) is 2.69. The van der Waals surface area contributed by atoms with Crippen LogP contribution < -0.4 is 0 Å². The standard InChI is InChI=1S/C16H15NO3/c18-16(12-14-9-5-2-6-10-14)15(17(19)20)11-13-7-3-1-4-8-13/h1-10,15H,11-12H2. The molecule has 0 saturated heterocycles. The second-order valence-corrected chi connectivity index (χ2v) is 4.62. The Morgan fingerprint density at radius 1 is 0.950 bits per heavy atom. The fraction of sp³-hybridized carbons (Fsp3) is 0.188. The Bertz CT molecular complexity index is 581. The summed E-state index contributed by atoms with van der Waals surface area (Å²) in [5, 5.41) is 11.1. The molecule has 0 aliphatic carbocycles. The Balaban J connectivity index is 2.09. The molecule has 0 bridgehead atoms. The van der Waals surface area contributed by atoms with Crippen LogP contribution in [0.15, 0.2) is 60.7 Å². The smallest absolute Gasteiger partial charge is 0.274 e. The Morgan fingerprint density at radius 2 is 1.45 bits per heavy atom. The van der Waals surface area contributed by atoms with Gasteiger partial charge in [-0.15, -0.1) is 0 Å². The zero-order valence-electron chi connectivity index (χ0n) is 10.9. The van der Waals surface area contributed by atoms with Crippen molar-refractivity contribution in [1.82, 2.24) is 0 Å². The third-order valence-electron chi connectivity index (χ3n) is 3.12. The van der Waals surface area contributed by atoms with Gasteiger partial charge in [-0.05, 0) is 11.1 Å². The van der Waals surface area contributed by atoms with Gasteiger partial charge in [-0.25, -0.2) is 0 Å². The highest BCUT2D eigenvalue weighted by molar-refractivity contribution is 5.85. The second kappa shape index (κ2) is 6.61. The highest BCUT2D eigenvalue weighted by Gasteiger charge is 2.29. The molecule has 0 amide bonds. The number of Topliss-reactive ketones (excluding diaryl/α,β-unsaturated/α-hetero) is 1. The van der Waals surface area contributed by atoms with Crippen molar-refractivity contribution in [3.05, 3.63) is 81.9 Å². The molecule has 0 aliphatic heterocycles. The monoisotopic (exact) mass is 269 g/mol. The Labute approximate surface area is 117 Å². The first kappa shape index (κ1) is 13.9. The van der Waals surface area contributed by atoms with Crippen LogP contribution >= 0.6 is 0 Å². The average Bonchev–Trinajstić information content (AvgIpc) is 2.46. The lowest BCUT2D eigenvalue weighted by atomic mass is 9.98. The summed E-state index contributed by atoms with van der Waals surface area (Å²) < 4.78 is 0. The molecule has 0 saturated carbocycles. The molecule has 4 nitrogen and oxygen atoms in total. The molecule has 2 aromatic carbocycles. The van der Waals surface area contributed by atoms with Crippen LogP contribution in [-0.2, 0) is 17.6 Å². The zero-order chi connectivity index (χ0) is 14.4. The average molecular weight is 269 g/mol. The first-order valence-electron chi connectivity index (χ1n) is 6.41. The first-order valence-corrected chi connectivity index (χ1v) is 6.41. The summed E-state index contributed by atoms with van der Waals surface area (Å²) in [4.78, 5) is 22.7. The van der Waals surface area contributed by atoms with Crippen molar-refractivity contribution in [2.45, 2.75) is 18.9 Å². The quantitative estimate of drug-likeness (QED) is 0.598. The van der Waals surface area contributed by atoms with Gasteiger partial charge in [-0.3, -0.25) is 14.9 Å². The number of rotatable bonds is 6. The highest BCUT2D eigenvalue weighted by atomic mass is 16.6. The molecule has 0 aliphatic rings. The van der Waals surface area contributed by atoms with Crippen molar-refractivity contribution >= 4 is 5.78 Å². The SMILES string of the molecule is O=C(Cc1ccccc1)C(Cc1ccccc1)[N+](=O)[O-]. The van der Waals surface area contributed by atoms with Crippen LogP contribution in [0.25, 0.3) is 0 Å². The number of ketones is 1. The van der Waals surface area contributed by atoms with Crippen molar-refractivity contribution in [3.63, 3.8) is 0 Å². The molecule has 0 spiro atoms. The van der Waals surface area contributed by atoms with E-state index in [4.69, 9.17) is 0 Å². The van der Waals surface area contributed by atoms with Gasteiger partial charge in [0.25, 0.3) is 6.04 Å². The maximum atomic E-state index is 12.1. The summed E-state index contributed by atoms with van der Waals surface area (Å²) in [6.07, 6.45) is 0.235. The molecule has 0 N–H and O–H groups in total. The summed E-state index contributed by atoms with van der Waals surface area (Å²) >= 11 is 0. The van der Waals surface area contributed by atoms with Gasteiger partial charge in [-0.2, -0.15) is 0 Å². The van der Waals surface area contributed by atoms with E-state index in [1.807, 2.05) is 36.4 Å². The lowest BCUT2D eigenvalue weighted by Gasteiger charge is -2.08. The van der Waals surface area contributed by atoms with Crippen molar-refractivity contribution < 1.29 is 9.72 Å². The molecule has 20 heavy (non-hydrogen) atoms. The second-order valence-electron chi connectivity index (χ2n) is 4.62. The van der Waals surface area contributed by atoms with Gasteiger partial charge in [-0.1, -0.05) is 60.7 Å². The fourth-order valence-electron chi connectivity index (χ4n) is 2.06. The molecule has 2 aromatic rings. The molecule has 102 valence electrons. The number of hydrogen-bond donors (Lipinski definition) is 0. The third-order valence-corrected chi connectivity index (χ3v) is 3.12. The Hall–Kier alpha value is -2.49. The van der Waals surface area contributed by atoms with Crippen LogP contribution in [0.4, 0.5) is 0 Å². The van der Waals surface area contributed by atoms with Crippen molar-refractivity contribution in [2.75, 3.05) is 0 Å². The maximum Gasteiger partial charge on any atom is 0.274 e. The Kier molecular flexibility index (Phi) is 4.60.